The molecule has 1 N–H and O–H groups in total. The van der Waals surface area contributed by atoms with Gasteiger partial charge in [-0.05, 0) is 25.8 Å². The Morgan fingerprint density at radius 1 is 1.29 bits per heavy atom. The van der Waals surface area contributed by atoms with Crippen LogP contribution in [-0.2, 0) is 19.7 Å². The smallest absolute Gasteiger partial charge is 0.334 e. The van der Waals surface area contributed by atoms with Crippen molar-refractivity contribution < 1.29 is 24.2 Å². The van der Waals surface area contributed by atoms with Crippen LogP contribution in [0.4, 0.5) is 0 Å². The number of carboxylic acids is 1. The fourth-order valence-corrected chi connectivity index (χ4v) is 4.17. The Hall–Kier alpha value is -2.08. The molecule has 24 heavy (non-hydrogen) atoms. The molecular formula is C18H21NO5. The molecular weight excluding hydrogens is 310 g/mol. The summed E-state index contributed by atoms with van der Waals surface area (Å²) < 4.78 is 11.1. The molecule has 1 unspecified atom stereocenters. The van der Waals surface area contributed by atoms with Crippen LogP contribution in [0.1, 0.15) is 25.3 Å². The van der Waals surface area contributed by atoms with Gasteiger partial charge in [0.15, 0.2) is 6.10 Å². The zero-order chi connectivity index (χ0) is 16.9. The number of morpholine rings is 1. The molecule has 1 saturated heterocycles. The van der Waals surface area contributed by atoms with Crippen LogP contribution in [-0.4, -0.2) is 53.8 Å². The van der Waals surface area contributed by atoms with E-state index in [2.05, 4.69) is 0 Å². The number of hydrogen-bond acceptors (Lipinski definition) is 4. The van der Waals surface area contributed by atoms with E-state index in [1.165, 1.54) is 0 Å². The third-order valence-electron chi connectivity index (χ3n) is 5.45. The normalized spacial score (nSPS) is 34.4. The summed E-state index contributed by atoms with van der Waals surface area (Å²) in [5.41, 5.74) is 0.984. The lowest BCUT2D eigenvalue weighted by atomic mass is 9.87. The Bertz CT molecular complexity index is 690. The number of ether oxygens (including phenoxy) is 2. The fourth-order valence-electron chi connectivity index (χ4n) is 4.17. The van der Waals surface area contributed by atoms with Crippen LogP contribution < -0.4 is 4.74 Å². The number of aliphatic carboxylic acids is 1. The molecule has 6 nitrogen and oxygen atoms in total. The van der Waals surface area contributed by atoms with Crippen LogP contribution >= 0.6 is 0 Å². The Morgan fingerprint density at radius 3 is 2.88 bits per heavy atom. The first kappa shape index (κ1) is 15.4. The van der Waals surface area contributed by atoms with Gasteiger partial charge in [-0.25, -0.2) is 4.79 Å². The Labute approximate surface area is 140 Å². The molecule has 1 aliphatic carbocycles. The van der Waals surface area contributed by atoms with Crippen molar-refractivity contribution in [1.82, 2.24) is 4.90 Å². The SMILES string of the molecule is C[C@@H]1CN(C(=O)[C@@H]2C[C@]23CCOc2ccccc23)CC(C(=O)O)O1. The van der Waals surface area contributed by atoms with Crippen molar-refractivity contribution in [2.24, 2.45) is 5.92 Å². The first-order valence-corrected chi connectivity index (χ1v) is 8.40. The predicted octanol–water partition coefficient (Wildman–Crippen LogP) is 1.43. The highest BCUT2D eigenvalue weighted by Gasteiger charge is 2.62. The van der Waals surface area contributed by atoms with Gasteiger partial charge in [0.2, 0.25) is 5.91 Å². The van der Waals surface area contributed by atoms with E-state index in [0.29, 0.717) is 13.2 Å². The van der Waals surface area contributed by atoms with E-state index in [0.717, 1.165) is 24.2 Å². The summed E-state index contributed by atoms with van der Waals surface area (Å²) in [7, 11) is 0. The zero-order valence-electron chi connectivity index (χ0n) is 13.6. The summed E-state index contributed by atoms with van der Waals surface area (Å²) >= 11 is 0. The van der Waals surface area contributed by atoms with Crippen LogP contribution in [0.3, 0.4) is 0 Å². The average Bonchev–Trinajstić information content (AvgIpc) is 3.28. The highest BCUT2D eigenvalue weighted by Crippen LogP contribution is 2.61. The van der Waals surface area contributed by atoms with E-state index in [4.69, 9.17) is 9.47 Å². The van der Waals surface area contributed by atoms with Gasteiger partial charge in [0.25, 0.3) is 0 Å². The zero-order valence-corrected chi connectivity index (χ0v) is 13.6. The van der Waals surface area contributed by atoms with Crippen molar-refractivity contribution in [2.45, 2.75) is 37.4 Å². The van der Waals surface area contributed by atoms with E-state index in [9.17, 15) is 14.7 Å². The third kappa shape index (κ3) is 2.36. The number of fused-ring (bicyclic) bond motifs is 2. The second kappa shape index (κ2) is 5.48. The Balaban J connectivity index is 1.54. The standard InChI is InChI=1S/C18H21NO5/c1-11-9-19(10-15(24-11)17(21)22)16(20)13-8-18(13)6-7-23-14-5-3-2-4-12(14)18/h2-5,11,13,15H,6-10H2,1H3,(H,21,22)/t11-,13+,15?,18+/m1/s1. The summed E-state index contributed by atoms with van der Waals surface area (Å²) in [5, 5.41) is 9.20. The molecule has 1 saturated carbocycles. The largest absolute Gasteiger partial charge is 0.493 e. The van der Waals surface area contributed by atoms with Crippen molar-refractivity contribution in [3.63, 3.8) is 0 Å². The number of para-hydroxylation sites is 1. The number of benzene rings is 1. The molecule has 3 aliphatic rings. The monoisotopic (exact) mass is 331 g/mol. The number of nitrogens with zero attached hydrogens (tertiary/aromatic N) is 1. The second-order valence-corrected chi connectivity index (χ2v) is 7.02. The molecule has 2 heterocycles. The second-order valence-electron chi connectivity index (χ2n) is 7.02. The van der Waals surface area contributed by atoms with Gasteiger partial charge in [-0.1, -0.05) is 18.2 Å². The highest BCUT2D eigenvalue weighted by molar-refractivity contribution is 5.86. The molecule has 6 heteroatoms. The summed E-state index contributed by atoms with van der Waals surface area (Å²) in [6, 6.07) is 7.92. The molecule has 2 fully saturated rings. The summed E-state index contributed by atoms with van der Waals surface area (Å²) in [6.45, 7) is 3.01. The van der Waals surface area contributed by atoms with Gasteiger partial charge in [0.05, 0.1) is 19.3 Å². The maximum absolute atomic E-state index is 13.0. The number of carbonyl (C=O) groups is 2. The van der Waals surface area contributed by atoms with Crippen LogP contribution in [0.2, 0.25) is 0 Å². The van der Waals surface area contributed by atoms with Gasteiger partial charge in [-0.2, -0.15) is 0 Å². The first-order chi connectivity index (χ1) is 11.5. The highest BCUT2D eigenvalue weighted by atomic mass is 16.5. The van der Waals surface area contributed by atoms with Crippen LogP contribution in [0.15, 0.2) is 24.3 Å². The molecule has 2 aliphatic heterocycles. The maximum Gasteiger partial charge on any atom is 0.334 e. The average molecular weight is 331 g/mol. The molecule has 0 bridgehead atoms. The molecule has 4 atom stereocenters. The minimum Gasteiger partial charge on any atom is -0.493 e. The van der Waals surface area contributed by atoms with Gasteiger partial charge < -0.3 is 19.5 Å². The lowest BCUT2D eigenvalue weighted by Gasteiger charge is -2.36. The van der Waals surface area contributed by atoms with E-state index in [1.807, 2.05) is 31.2 Å². The minimum atomic E-state index is -1.01. The quantitative estimate of drug-likeness (QED) is 0.887. The van der Waals surface area contributed by atoms with Crippen molar-refractivity contribution in [3.05, 3.63) is 29.8 Å². The van der Waals surface area contributed by atoms with E-state index in [-0.39, 0.29) is 29.9 Å². The minimum absolute atomic E-state index is 0.0492. The van der Waals surface area contributed by atoms with Crippen molar-refractivity contribution in [2.75, 3.05) is 19.7 Å². The molecule has 1 aromatic carbocycles. The number of rotatable bonds is 2. The van der Waals surface area contributed by atoms with Crippen LogP contribution in [0.5, 0.6) is 5.75 Å². The van der Waals surface area contributed by atoms with Gasteiger partial charge in [-0.15, -0.1) is 0 Å². The molecule has 1 aromatic rings. The molecule has 4 rings (SSSR count). The van der Waals surface area contributed by atoms with E-state index < -0.39 is 12.1 Å². The molecule has 0 radical (unpaired) electrons. The topological polar surface area (TPSA) is 76.1 Å². The fraction of sp³-hybridized carbons (Fsp3) is 0.556. The molecule has 128 valence electrons. The molecule has 1 spiro atoms. The van der Waals surface area contributed by atoms with E-state index in [1.54, 1.807) is 4.90 Å². The predicted molar refractivity (Wildman–Crippen MR) is 84.9 cm³/mol. The van der Waals surface area contributed by atoms with Crippen molar-refractivity contribution >= 4 is 11.9 Å². The van der Waals surface area contributed by atoms with Crippen LogP contribution in [0, 0.1) is 5.92 Å². The number of carboxylic acid groups (broad SMARTS) is 1. The third-order valence-corrected chi connectivity index (χ3v) is 5.45. The Kier molecular flexibility index (Phi) is 3.53. The maximum atomic E-state index is 13.0. The lowest BCUT2D eigenvalue weighted by Crippen LogP contribution is -2.52. The number of amides is 1. The van der Waals surface area contributed by atoms with Gasteiger partial charge >= 0.3 is 5.97 Å². The molecule has 0 aromatic heterocycles. The summed E-state index contributed by atoms with van der Waals surface area (Å²) in [4.78, 5) is 25.9. The summed E-state index contributed by atoms with van der Waals surface area (Å²) in [5.74, 6) is -0.172. The first-order valence-electron chi connectivity index (χ1n) is 8.40. The van der Waals surface area contributed by atoms with Gasteiger partial charge in [-0.3, -0.25) is 4.79 Å². The summed E-state index contributed by atoms with van der Waals surface area (Å²) in [6.07, 6.45) is 0.452. The van der Waals surface area contributed by atoms with Crippen molar-refractivity contribution in [3.8, 4) is 5.75 Å². The van der Waals surface area contributed by atoms with Gasteiger partial charge in [0, 0.05) is 23.4 Å². The van der Waals surface area contributed by atoms with Crippen LogP contribution in [0.25, 0.3) is 0 Å². The van der Waals surface area contributed by atoms with Gasteiger partial charge in [0.1, 0.15) is 5.75 Å². The number of carbonyl (C=O) groups excluding carboxylic acids is 1. The van der Waals surface area contributed by atoms with E-state index >= 15 is 0 Å². The number of hydrogen-bond donors (Lipinski definition) is 1. The lowest BCUT2D eigenvalue weighted by molar-refractivity contribution is -0.167. The Morgan fingerprint density at radius 2 is 2.08 bits per heavy atom. The molecule has 1 amide bonds. The van der Waals surface area contributed by atoms with Crippen molar-refractivity contribution in [1.29, 1.82) is 0 Å².